The summed E-state index contributed by atoms with van der Waals surface area (Å²) in [5.41, 5.74) is -16.5. The van der Waals surface area contributed by atoms with Gasteiger partial charge in [-0.05, 0) is 35.4 Å². The van der Waals surface area contributed by atoms with Crippen molar-refractivity contribution in [2.75, 3.05) is 0 Å². The van der Waals surface area contributed by atoms with Crippen LogP contribution in [0.1, 0.15) is 44.5 Å². The van der Waals surface area contributed by atoms with E-state index in [1.54, 1.807) is 0 Å². The maximum absolute atomic E-state index is 16.9. The summed E-state index contributed by atoms with van der Waals surface area (Å²) in [6.07, 6.45) is -10.4. The van der Waals surface area contributed by atoms with E-state index in [9.17, 15) is 66.7 Å². The van der Waals surface area contributed by atoms with Gasteiger partial charge in [-0.25, -0.2) is 17.6 Å². The van der Waals surface area contributed by atoms with E-state index in [-0.39, 0.29) is 24.3 Å². The Bertz CT molecular complexity index is 2300. The van der Waals surface area contributed by atoms with Gasteiger partial charge in [-0.15, -0.1) is 0 Å². The Morgan fingerprint density at radius 2 is 0.800 bits per heavy atom. The summed E-state index contributed by atoms with van der Waals surface area (Å²) in [6, 6.07) is 10.6. The third-order valence-electron chi connectivity index (χ3n) is 7.68. The summed E-state index contributed by atoms with van der Waals surface area (Å²) in [6.45, 7) is 0. The average molecular weight is 688 g/mol. The highest BCUT2D eigenvalue weighted by Crippen LogP contribution is 2.57. The normalized spacial score (nSPS) is 13.4. The van der Waals surface area contributed by atoms with Crippen molar-refractivity contribution in [3.05, 3.63) is 115 Å². The first-order valence-corrected chi connectivity index (χ1v) is 13.2. The van der Waals surface area contributed by atoms with Crippen molar-refractivity contribution >= 4 is 33.4 Å². The van der Waals surface area contributed by atoms with Crippen molar-refractivity contribution in [2.45, 2.75) is 12.4 Å². The van der Waals surface area contributed by atoms with Crippen LogP contribution in [0, 0.1) is 91.3 Å². The maximum atomic E-state index is 16.9. The summed E-state index contributed by atoms with van der Waals surface area (Å²) < 4.78 is 143. The van der Waals surface area contributed by atoms with Gasteiger partial charge in [0.2, 0.25) is 0 Å². The number of alkyl halides is 6. The number of hydrogen-bond acceptors (Lipinski definition) is 6. The molecular weight excluding hydrogens is 682 g/mol. The largest absolute Gasteiger partial charge is 0.419 e. The van der Waals surface area contributed by atoms with Crippen LogP contribution in [0.4, 0.5) is 43.9 Å². The third kappa shape index (κ3) is 4.92. The smallest absolute Gasteiger partial charge is 0.206 e. The Balaban J connectivity index is 1.97. The van der Waals surface area contributed by atoms with Gasteiger partial charge in [-0.2, -0.15) is 57.9 Å². The molecule has 0 fully saturated rings. The fourth-order valence-corrected chi connectivity index (χ4v) is 5.75. The lowest BCUT2D eigenvalue weighted by atomic mass is 9.88. The second-order valence-corrected chi connectivity index (χ2v) is 10.2. The van der Waals surface area contributed by atoms with Crippen molar-refractivity contribution in [3.63, 3.8) is 0 Å². The highest BCUT2D eigenvalue weighted by atomic mass is 19.4. The predicted molar refractivity (Wildman–Crippen MR) is 150 cm³/mol. The molecule has 0 N–H and O–H groups in total. The number of allylic oxidation sites excluding steroid dienone is 8. The van der Waals surface area contributed by atoms with Crippen LogP contribution in [0.3, 0.4) is 0 Å². The molecule has 242 valence electrons. The Morgan fingerprint density at radius 3 is 1.04 bits per heavy atom. The van der Waals surface area contributed by atoms with Gasteiger partial charge in [0.15, 0.2) is 0 Å². The van der Waals surface area contributed by atoms with Gasteiger partial charge in [-0.3, -0.25) is 0 Å². The van der Waals surface area contributed by atoms with Crippen molar-refractivity contribution in [1.82, 2.24) is 0 Å². The molecule has 0 aromatic heterocycles. The van der Waals surface area contributed by atoms with Gasteiger partial charge in [0.1, 0.15) is 70.8 Å². The lowest BCUT2D eigenvalue weighted by Gasteiger charge is -2.14. The van der Waals surface area contributed by atoms with E-state index in [4.69, 9.17) is 0 Å². The maximum Gasteiger partial charge on any atom is 0.419 e. The fourth-order valence-electron chi connectivity index (χ4n) is 5.75. The summed E-state index contributed by atoms with van der Waals surface area (Å²) in [4.78, 5) is 0. The van der Waals surface area contributed by atoms with Gasteiger partial charge in [0.25, 0.3) is 0 Å². The highest BCUT2D eigenvalue weighted by Gasteiger charge is 2.45. The molecule has 50 heavy (non-hydrogen) atoms. The molecule has 0 atom stereocenters. The molecule has 0 radical (unpaired) electrons. The lowest BCUT2D eigenvalue weighted by molar-refractivity contribution is -0.140. The molecule has 0 amide bonds. The summed E-state index contributed by atoms with van der Waals surface area (Å²) in [7, 11) is 0. The molecule has 0 spiro atoms. The minimum Gasteiger partial charge on any atom is -0.206 e. The van der Waals surface area contributed by atoms with E-state index < -0.39 is 125 Å². The second-order valence-electron chi connectivity index (χ2n) is 10.2. The first-order valence-electron chi connectivity index (χ1n) is 13.2. The number of halogens is 10. The topological polar surface area (TPSA) is 143 Å². The van der Waals surface area contributed by atoms with Gasteiger partial charge in [-0.1, -0.05) is 12.1 Å². The monoisotopic (exact) mass is 688 g/mol. The molecular formula is C34H6F10N6. The first-order chi connectivity index (χ1) is 23.5. The molecule has 3 aromatic carbocycles. The molecule has 16 heteroatoms. The van der Waals surface area contributed by atoms with E-state index in [0.717, 1.165) is 0 Å². The van der Waals surface area contributed by atoms with Crippen LogP contribution in [0.15, 0.2) is 47.5 Å². The first kappa shape index (κ1) is 34.2. The number of benzene rings is 3. The molecule has 0 saturated carbocycles. The van der Waals surface area contributed by atoms with E-state index in [0.29, 0.717) is 12.1 Å². The van der Waals surface area contributed by atoms with Crippen LogP contribution >= 0.6 is 0 Å². The molecule has 6 nitrogen and oxygen atoms in total. The van der Waals surface area contributed by atoms with Crippen molar-refractivity contribution in [1.29, 1.82) is 31.6 Å². The minimum absolute atomic E-state index is 0.233. The fraction of sp³-hybridized carbons (Fsp3) is 0.0588. The molecule has 2 aliphatic carbocycles. The summed E-state index contributed by atoms with van der Waals surface area (Å²) in [5, 5.41) is 59.2. The molecule has 0 saturated heterocycles. The Labute approximate surface area is 273 Å². The van der Waals surface area contributed by atoms with Crippen LogP contribution in [-0.2, 0) is 12.4 Å². The van der Waals surface area contributed by atoms with Crippen LogP contribution in [-0.4, -0.2) is 0 Å². The molecule has 5 rings (SSSR count). The van der Waals surface area contributed by atoms with E-state index in [1.807, 2.05) is 0 Å². The number of rotatable bonds is 2. The summed E-state index contributed by atoms with van der Waals surface area (Å²) in [5.74, 6) is -7.21. The molecule has 0 aliphatic heterocycles. The van der Waals surface area contributed by atoms with Crippen LogP contribution in [0.2, 0.25) is 0 Å². The van der Waals surface area contributed by atoms with Crippen LogP contribution in [0.25, 0.3) is 33.4 Å². The zero-order valence-electron chi connectivity index (χ0n) is 23.9. The van der Waals surface area contributed by atoms with Crippen molar-refractivity contribution < 1.29 is 43.9 Å². The second kappa shape index (κ2) is 11.8. The lowest BCUT2D eigenvalue weighted by Crippen LogP contribution is -2.08. The van der Waals surface area contributed by atoms with Gasteiger partial charge < -0.3 is 0 Å². The average Bonchev–Trinajstić information content (AvgIpc) is 3.58. The van der Waals surface area contributed by atoms with Crippen molar-refractivity contribution in [3.8, 4) is 36.4 Å². The highest BCUT2D eigenvalue weighted by molar-refractivity contribution is 6.30. The molecule has 3 aromatic rings. The Morgan fingerprint density at radius 1 is 0.480 bits per heavy atom. The number of fused-ring (bicyclic) bond motifs is 2. The Kier molecular flexibility index (Phi) is 8.09. The third-order valence-corrected chi connectivity index (χ3v) is 7.68. The van der Waals surface area contributed by atoms with Gasteiger partial charge in [0.05, 0.1) is 22.3 Å². The van der Waals surface area contributed by atoms with Gasteiger partial charge in [0, 0.05) is 44.5 Å². The van der Waals surface area contributed by atoms with Crippen LogP contribution < -0.4 is 0 Å². The van der Waals surface area contributed by atoms with E-state index >= 15 is 8.78 Å². The zero-order valence-corrected chi connectivity index (χ0v) is 23.9. The minimum atomic E-state index is -5.20. The molecule has 0 heterocycles. The standard InChI is InChI=1S/C34H6F10N6/c35-21-5-13(1-3-19(21)33(39,40)41)23-17(11-49)27-29(25(23)15(7-45)8-46)32(38)28-18(12-50)24(26(16(9-47)10-48)30(28)31(27)37)14-2-4-20(22(36)6-14)34(42,43)44/h1-6H. The summed E-state index contributed by atoms with van der Waals surface area (Å²) >= 11 is 0. The molecule has 0 unspecified atom stereocenters. The number of nitrogens with zero attached hydrogens (tertiary/aromatic N) is 6. The van der Waals surface area contributed by atoms with E-state index in [2.05, 4.69) is 0 Å². The zero-order chi connectivity index (χ0) is 37.0. The molecule has 0 bridgehead atoms. The number of hydrogen-bond donors (Lipinski definition) is 0. The number of nitriles is 6. The van der Waals surface area contributed by atoms with Crippen LogP contribution in [0.5, 0.6) is 0 Å². The van der Waals surface area contributed by atoms with Crippen molar-refractivity contribution in [2.24, 2.45) is 0 Å². The predicted octanol–water partition coefficient (Wildman–Crippen LogP) is 8.78. The van der Waals surface area contributed by atoms with E-state index in [1.165, 1.54) is 36.4 Å². The van der Waals surface area contributed by atoms with Gasteiger partial charge >= 0.3 is 12.4 Å². The molecule has 2 aliphatic rings. The Hall–Kier alpha value is -7.14. The quantitative estimate of drug-likeness (QED) is 0.195. The SMILES string of the molecule is N#CC(C#N)=C1C(c2ccc(C(F)(F)F)c(F)c2)=C(C#N)c2c(F)c3c(c(F)c21)C(C#N)=C(c1ccc(C(F)(F)F)c(F)c1)C3=C(C#N)C#N.